The molecule has 3 nitrogen and oxygen atoms in total. The molecule has 218 valence electrons. The molecule has 1 saturated carbocycles. The number of hydrogen-bond acceptors (Lipinski definition) is 3. The number of benzene rings is 5. The van der Waals surface area contributed by atoms with Crippen LogP contribution in [-0.2, 0) is 5.41 Å². The number of phenols is 1. The molecule has 0 amide bonds. The second kappa shape index (κ2) is 9.64. The minimum atomic E-state index is -0.136. The molecular weight excluding hydrogens is 528 g/mol. The normalized spacial score (nSPS) is 17.4. The van der Waals surface area contributed by atoms with E-state index in [2.05, 4.69) is 100 Å². The number of phenolic OH excluding ortho intramolecular Hbond substituents is 1. The van der Waals surface area contributed by atoms with Crippen LogP contribution in [0, 0.1) is 10.8 Å². The van der Waals surface area contributed by atoms with Gasteiger partial charge in [0.15, 0.2) is 0 Å². The quantitative estimate of drug-likeness (QED) is 0.234. The topological polar surface area (TPSA) is 38.7 Å². The van der Waals surface area contributed by atoms with Crippen LogP contribution in [0.25, 0.3) is 44.2 Å². The average Bonchev–Trinajstić information content (AvgIpc) is 3.23. The van der Waals surface area contributed by atoms with Crippen molar-refractivity contribution in [2.75, 3.05) is 14.2 Å². The average molecular weight is 569 g/mol. The molecule has 2 aliphatic rings. The van der Waals surface area contributed by atoms with E-state index in [9.17, 15) is 5.11 Å². The van der Waals surface area contributed by atoms with E-state index in [0.717, 1.165) is 57.4 Å². The Morgan fingerprint density at radius 2 is 1.19 bits per heavy atom. The van der Waals surface area contributed by atoms with Crippen LogP contribution in [0.5, 0.6) is 17.2 Å². The largest absolute Gasteiger partial charge is 0.507 e. The van der Waals surface area contributed by atoms with Gasteiger partial charge in [0, 0.05) is 16.4 Å². The van der Waals surface area contributed by atoms with Crippen LogP contribution in [0.3, 0.4) is 0 Å². The Hall–Kier alpha value is -4.24. The van der Waals surface area contributed by atoms with Gasteiger partial charge >= 0.3 is 0 Å². The van der Waals surface area contributed by atoms with Gasteiger partial charge in [-0.25, -0.2) is 0 Å². The van der Waals surface area contributed by atoms with Gasteiger partial charge in [-0.05, 0) is 105 Å². The lowest BCUT2D eigenvalue weighted by atomic mass is 9.52. The maximum absolute atomic E-state index is 11.6. The molecule has 0 saturated heterocycles. The van der Waals surface area contributed by atoms with Gasteiger partial charge in [0.25, 0.3) is 0 Å². The van der Waals surface area contributed by atoms with Crippen molar-refractivity contribution in [3.63, 3.8) is 0 Å². The molecule has 3 heteroatoms. The zero-order valence-corrected chi connectivity index (χ0v) is 26.0. The van der Waals surface area contributed by atoms with Gasteiger partial charge in [0.2, 0.25) is 0 Å². The molecule has 1 spiro atoms. The molecule has 7 rings (SSSR count). The lowest BCUT2D eigenvalue weighted by molar-refractivity contribution is 0.0645. The number of ether oxygens (including phenoxy) is 2. The monoisotopic (exact) mass is 568 g/mol. The summed E-state index contributed by atoms with van der Waals surface area (Å²) in [6, 6.07) is 32.0. The molecule has 1 N–H and O–H groups in total. The van der Waals surface area contributed by atoms with E-state index in [1.54, 1.807) is 14.2 Å². The minimum Gasteiger partial charge on any atom is -0.507 e. The molecule has 0 radical (unpaired) electrons. The minimum absolute atomic E-state index is 0.136. The Kier molecular flexibility index (Phi) is 6.18. The summed E-state index contributed by atoms with van der Waals surface area (Å²) in [6.07, 6.45) is 3.31. The molecule has 1 fully saturated rings. The van der Waals surface area contributed by atoms with Crippen molar-refractivity contribution in [1.29, 1.82) is 0 Å². The van der Waals surface area contributed by atoms with Crippen LogP contribution in [0.4, 0.5) is 0 Å². The summed E-state index contributed by atoms with van der Waals surface area (Å²) < 4.78 is 11.3. The number of aromatic hydroxyl groups is 1. The van der Waals surface area contributed by atoms with Gasteiger partial charge in [0.05, 0.1) is 14.2 Å². The summed E-state index contributed by atoms with van der Waals surface area (Å²) in [4.78, 5) is 0. The standard InChI is InChI=1S/C40H40O3/c1-38(2)22-39(3,4)24-40(23-38)33-10-8-7-9-29(33)37-32-19-30(36(43-6)20-31(32)35(41)21-34(37)40)27-13-11-25(12-14-27)26-15-17-28(42-5)18-16-26/h7-21,41H,22-24H2,1-6H3. The zero-order valence-electron chi connectivity index (χ0n) is 26.0. The predicted molar refractivity (Wildman–Crippen MR) is 177 cm³/mol. The fourth-order valence-electron chi connectivity index (χ4n) is 8.88. The van der Waals surface area contributed by atoms with Gasteiger partial charge < -0.3 is 14.6 Å². The molecule has 0 heterocycles. The van der Waals surface area contributed by atoms with Crippen LogP contribution in [0.15, 0.2) is 91.0 Å². The molecule has 0 aliphatic heterocycles. The third kappa shape index (κ3) is 4.40. The molecule has 5 aromatic rings. The Labute approximate surface area is 255 Å². The van der Waals surface area contributed by atoms with Gasteiger partial charge in [-0.2, -0.15) is 0 Å². The maximum Gasteiger partial charge on any atom is 0.127 e. The lowest BCUT2D eigenvalue weighted by Crippen LogP contribution is -2.43. The number of rotatable bonds is 4. The van der Waals surface area contributed by atoms with Gasteiger partial charge in [-0.15, -0.1) is 0 Å². The number of hydrogen-bond donors (Lipinski definition) is 1. The molecule has 43 heavy (non-hydrogen) atoms. The SMILES string of the molecule is COc1ccc(-c2ccc(-c3cc4c5c(cc(O)c4cc3OC)C3(CC(C)(C)CC(C)(C)C3)c3ccccc3-5)cc2)cc1. The highest BCUT2D eigenvalue weighted by Crippen LogP contribution is 2.65. The van der Waals surface area contributed by atoms with E-state index in [4.69, 9.17) is 9.47 Å². The number of methoxy groups -OCH3 is 2. The summed E-state index contributed by atoms with van der Waals surface area (Å²) in [5.41, 5.74) is 9.82. The highest BCUT2D eigenvalue weighted by atomic mass is 16.5. The summed E-state index contributed by atoms with van der Waals surface area (Å²) in [5, 5.41) is 13.5. The second-order valence-electron chi connectivity index (χ2n) is 14.2. The van der Waals surface area contributed by atoms with Gasteiger partial charge in [-0.1, -0.05) is 88.4 Å². The van der Waals surface area contributed by atoms with E-state index in [1.165, 1.54) is 28.7 Å². The Morgan fingerprint density at radius 3 is 1.81 bits per heavy atom. The fourth-order valence-corrected chi connectivity index (χ4v) is 8.88. The molecular formula is C40H40O3. The third-order valence-electron chi connectivity index (χ3n) is 9.80. The summed E-state index contributed by atoms with van der Waals surface area (Å²) >= 11 is 0. The molecule has 0 unspecified atom stereocenters. The van der Waals surface area contributed by atoms with Crippen molar-refractivity contribution in [2.45, 2.75) is 52.4 Å². The molecule has 2 aliphatic carbocycles. The van der Waals surface area contributed by atoms with E-state index in [0.29, 0.717) is 5.75 Å². The van der Waals surface area contributed by atoms with Gasteiger partial charge in [0.1, 0.15) is 17.2 Å². The first-order valence-corrected chi connectivity index (χ1v) is 15.3. The van der Waals surface area contributed by atoms with Crippen LogP contribution in [0.1, 0.15) is 58.1 Å². The van der Waals surface area contributed by atoms with Crippen LogP contribution in [0.2, 0.25) is 0 Å². The van der Waals surface area contributed by atoms with E-state index >= 15 is 0 Å². The zero-order chi connectivity index (χ0) is 30.1. The smallest absolute Gasteiger partial charge is 0.127 e. The summed E-state index contributed by atoms with van der Waals surface area (Å²) in [6.45, 7) is 9.65. The Morgan fingerprint density at radius 1 is 0.581 bits per heavy atom. The first kappa shape index (κ1) is 27.6. The van der Waals surface area contributed by atoms with E-state index in [1.807, 2.05) is 18.2 Å². The van der Waals surface area contributed by atoms with Crippen molar-refractivity contribution in [2.24, 2.45) is 10.8 Å². The lowest BCUT2D eigenvalue weighted by Gasteiger charge is -2.51. The third-order valence-corrected chi connectivity index (χ3v) is 9.80. The summed E-state index contributed by atoms with van der Waals surface area (Å²) in [5.74, 6) is 1.92. The first-order chi connectivity index (χ1) is 20.5. The second-order valence-corrected chi connectivity index (χ2v) is 14.2. The number of fused-ring (bicyclic) bond motifs is 7. The molecule has 0 bridgehead atoms. The van der Waals surface area contributed by atoms with E-state index in [-0.39, 0.29) is 16.2 Å². The van der Waals surface area contributed by atoms with Crippen LogP contribution < -0.4 is 9.47 Å². The van der Waals surface area contributed by atoms with Crippen molar-refractivity contribution >= 4 is 10.8 Å². The highest BCUT2D eigenvalue weighted by molar-refractivity contribution is 6.07. The molecule has 0 atom stereocenters. The first-order valence-electron chi connectivity index (χ1n) is 15.3. The van der Waals surface area contributed by atoms with Crippen molar-refractivity contribution in [3.8, 4) is 50.6 Å². The van der Waals surface area contributed by atoms with Gasteiger partial charge in [-0.3, -0.25) is 0 Å². The Bertz CT molecular complexity index is 1840. The highest BCUT2D eigenvalue weighted by Gasteiger charge is 2.53. The molecule has 0 aromatic heterocycles. The van der Waals surface area contributed by atoms with Crippen LogP contribution >= 0.6 is 0 Å². The van der Waals surface area contributed by atoms with Crippen molar-refractivity contribution < 1.29 is 14.6 Å². The van der Waals surface area contributed by atoms with Crippen LogP contribution in [-0.4, -0.2) is 19.3 Å². The van der Waals surface area contributed by atoms with Crippen molar-refractivity contribution in [1.82, 2.24) is 0 Å². The maximum atomic E-state index is 11.6. The van der Waals surface area contributed by atoms with E-state index < -0.39 is 0 Å². The van der Waals surface area contributed by atoms with Crippen molar-refractivity contribution in [3.05, 3.63) is 102 Å². The Balaban J connectivity index is 1.43. The summed E-state index contributed by atoms with van der Waals surface area (Å²) in [7, 11) is 3.39. The predicted octanol–water partition coefficient (Wildman–Crippen LogP) is 10.4. The molecule has 5 aromatic carbocycles. The fraction of sp³-hybridized carbons (Fsp3) is 0.300.